The third-order valence-corrected chi connectivity index (χ3v) is 3.05. The van der Waals surface area contributed by atoms with Gasteiger partial charge in [-0.3, -0.25) is 4.79 Å². The lowest BCUT2D eigenvalue weighted by Gasteiger charge is -2.12. The van der Waals surface area contributed by atoms with Crippen molar-refractivity contribution in [2.45, 2.75) is 18.9 Å². The van der Waals surface area contributed by atoms with Gasteiger partial charge in [0.2, 0.25) is 0 Å². The van der Waals surface area contributed by atoms with Crippen LogP contribution in [0.15, 0.2) is 42.5 Å². The second kappa shape index (κ2) is 3.63. The summed E-state index contributed by atoms with van der Waals surface area (Å²) in [6.07, 6.45) is 1.28. The Morgan fingerprint density at radius 2 is 1.88 bits per heavy atom. The molecule has 1 aliphatic heterocycles. The van der Waals surface area contributed by atoms with Crippen molar-refractivity contribution >= 4 is 16.7 Å². The average molecular weight is 212 g/mol. The molecule has 1 fully saturated rings. The molecule has 1 atom stereocenters. The van der Waals surface area contributed by atoms with Crippen molar-refractivity contribution in [1.82, 2.24) is 0 Å². The molecule has 1 saturated heterocycles. The van der Waals surface area contributed by atoms with E-state index in [2.05, 4.69) is 18.2 Å². The van der Waals surface area contributed by atoms with E-state index in [-0.39, 0.29) is 12.1 Å². The predicted octanol–water partition coefficient (Wildman–Crippen LogP) is 3.22. The Bertz CT molecular complexity index is 540. The van der Waals surface area contributed by atoms with Gasteiger partial charge < -0.3 is 4.74 Å². The molecule has 2 aromatic carbocycles. The van der Waals surface area contributed by atoms with Gasteiger partial charge in [-0.05, 0) is 17.2 Å². The van der Waals surface area contributed by atoms with Crippen LogP contribution in [0.25, 0.3) is 10.8 Å². The molecule has 2 aromatic rings. The molecule has 0 amide bonds. The molecule has 0 aliphatic carbocycles. The molecule has 0 saturated carbocycles. The highest BCUT2D eigenvalue weighted by Gasteiger charge is 2.25. The Balaban J connectivity index is 2.13. The molecule has 2 heteroatoms. The van der Waals surface area contributed by atoms with Gasteiger partial charge in [-0.1, -0.05) is 42.5 Å². The second-order valence-corrected chi connectivity index (χ2v) is 4.09. The van der Waals surface area contributed by atoms with E-state index in [0.29, 0.717) is 6.42 Å². The van der Waals surface area contributed by atoms with Gasteiger partial charge >= 0.3 is 5.97 Å². The van der Waals surface area contributed by atoms with Crippen molar-refractivity contribution in [3.05, 3.63) is 48.0 Å². The second-order valence-electron chi connectivity index (χ2n) is 4.09. The van der Waals surface area contributed by atoms with Crippen molar-refractivity contribution in [2.75, 3.05) is 0 Å². The summed E-state index contributed by atoms with van der Waals surface area (Å²) in [6.45, 7) is 0. The number of rotatable bonds is 1. The molecule has 0 aromatic heterocycles. The number of hydrogen-bond donors (Lipinski definition) is 0. The summed E-state index contributed by atoms with van der Waals surface area (Å²) in [5.74, 6) is -0.0852. The van der Waals surface area contributed by atoms with Crippen molar-refractivity contribution in [3.8, 4) is 0 Å². The highest BCUT2D eigenvalue weighted by atomic mass is 16.5. The molecule has 0 unspecified atom stereocenters. The van der Waals surface area contributed by atoms with Gasteiger partial charge in [0, 0.05) is 12.0 Å². The lowest BCUT2D eigenvalue weighted by atomic mass is 9.99. The maximum atomic E-state index is 11.1. The molecular formula is C14H12O2. The highest BCUT2D eigenvalue weighted by molar-refractivity contribution is 5.86. The van der Waals surface area contributed by atoms with Crippen LogP contribution < -0.4 is 0 Å². The molecule has 0 bridgehead atoms. The number of esters is 1. The number of carbonyl (C=O) groups is 1. The van der Waals surface area contributed by atoms with Crippen LogP contribution in [0.5, 0.6) is 0 Å². The number of hydrogen-bond acceptors (Lipinski definition) is 2. The van der Waals surface area contributed by atoms with E-state index in [9.17, 15) is 4.79 Å². The largest absolute Gasteiger partial charge is 0.457 e. The summed E-state index contributed by atoms with van der Waals surface area (Å²) in [6, 6.07) is 14.3. The van der Waals surface area contributed by atoms with Crippen LogP contribution in [-0.4, -0.2) is 5.97 Å². The minimum Gasteiger partial charge on any atom is -0.457 e. The number of fused-ring (bicyclic) bond motifs is 1. The van der Waals surface area contributed by atoms with Crippen molar-refractivity contribution in [1.29, 1.82) is 0 Å². The maximum Gasteiger partial charge on any atom is 0.306 e. The number of carbonyl (C=O) groups excluding carboxylic acids is 1. The molecule has 0 radical (unpaired) electrons. The number of benzene rings is 2. The molecular weight excluding hydrogens is 200 g/mol. The first-order valence-corrected chi connectivity index (χ1v) is 5.52. The Labute approximate surface area is 93.8 Å². The predicted molar refractivity (Wildman–Crippen MR) is 62.0 cm³/mol. The quantitative estimate of drug-likeness (QED) is 0.678. The molecule has 0 N–H and O–H groups in total. The molecule has 1 heterocycles. The fourth-order valence-electron chi connectivity index (χ4n) is 2.28. The zero-order valence-electron chi connectivity index (χ0n) is 8.85. The van der Waals surface area contributed by atoms with Gasteiger partial charge in [-0.25, -0.2) is 0 Å². The number of cyclic esters (lactones) is 1. The van der Waals surface area contributed by atoms with Crippen LogP contribution in [0.3, 0.4) is 0 Å². The lowest BCUT2D eigenvalue weighted by molar-refractivity contribution is -0.141. The monoisotopic (exact) mass is 212 g/mol. The van der Waals surface area contributed by atoms with Gasteiger partial charge in [0.25, 0.3) is 0 Å². The van der Waals surface area contributed by atoms with E-state index in [4.69, 9.17) is 4.74 Å². The standard InChI is InChI=1S/C14H12O2/c15-14-9-8-13(16-14)12-7-3-5-10-4-1-2-6-11(10)12/h1-7,13H,8-9H2/t13-/m1/s1. The summed E-state index contributed by atoms with van der Waals surface area (Å²) in [5, 5.41) is 2.38. The SMILES string of the molecule is O=C1CC[C@H](c2cccc3ccccc23)O1. The zero-order valence-corrected chi connectivity index (χ0v) is 8.85. The van der Waals surface area contributed by atoms with E-state index in [0.717, 1.165) is 12.0 Å². The minimum absolute atomic E-state index is 0.0569. The average Bonchev–Trinajstić information content (AvgIpc) is 2.75. The summed E-state index contributed by atoms with van der Waals surface area (Å²) < 4.78 is 5.32. The number of ether oxygens (including phenoxy) is 1. The first kappa shape index (κ1) is 9.40. The van der Waals surface area contributed by atoms with E-state index in [1.165, 1.54) is 10.8 Å². The van der Waals surface area contributed by atoms with Gasteiger partial charge in [0.05, 0.1) is 0 Å². The first-order valence-electron chi connectivity index (χ1n) is 5.52. The van der Waals surface area contributed by atoms with Crippen molar-refractivity contribution in [3.63, 3.8) is 0 Å². The minimum atomic E-state index is -0.0852. The molecule has 16 heavy (non-hydrogen) atoms. The van der Waals surface area contributed by atoms with Gasteiger partial charge in [-0.2, -0.15) is 0 Å². The van der Waals surface area contributed by atoms with Crippen LogP contribution in [0.2, 0.25) is 0 Å². The van der Waals surface area contributed by atoms with Crippen LogP contribution in [0, 0.1) is 0 Å². The smallest absolute Gasteiger partial charge is 0.306 e. The van der Waals surface area contributed by atoms with E-state index < -0.39 is 0 Å². The van der Waals surface area contributed by atoms with Gasteiger partial charge in [-0.15, -0.1) is 0 Å². The van der Waals surface area contributed by atoms with Gasteiger partial charge in [0.1, 0.15) is 6.10 Å². The molecule has 80 valence electrons. The van der Waals surface area contributed by atoms with E-state index in [1.807, 2.05) is 24.3 Å². The third-order valence-electron chi connectivity index (χ3n) is 3.05. The van der Waals surface area contributed by atoms with Crippen LogP contribution in [0.1, 0.15) is 24.5 Å². The van der Waals surface area contributed by atoms with Crippen LogP contribution in [0.4, 0.5) is 0 Å². The Morgan fingerprint density at radius 1 is 1.06 bits per heavy atom. The van der Waals surface area contributed by atoms with Crippen molar-refractivity contribution < 1.29 is 9.53 Å². The topological polar surface area (TPSA) is 26.3 Å². The lowest BCUT2D eigenvalue weighted by Crippen LogP contribution is -1.99. The Hall–Kier alpha value is -1.83. The normalized spacial score (nSPS) is 20.0. The fraction of sp³-hybridized carbons (Fsp3) is 0.214. The summed E-state index contributed by atoms with van der Waals surface area (Å²) >= 11 is 0. The van der Waals surface area contributed by atoms with E-state index >= 15 is 0 Å². The zero-order chi connectivity index (χ0) is 11.0. The Kier molecular flexibility index (Phi) is 2.13. The Morgan fingerprint density at radius 3 is 2.69 bits per heavy atom. The molecule has 3 rings (SSSR count). The molecule has 2 nitrogen and oxygen atoms in total. The molecule has 1 aliphatic rings. The van der Waals surface area contributed by atoms with Gasteiger partial charge in [0.15, 0.2) is 0 Å². The highest BCUT2D eigenvalue weighted by Crippen LogP contribution is 2.33. The summed E-state index contributed by atoms with van der Waals surface area (Å²) in [5.41, 5.74) is 1.13. The van der Waals surface area contributed by atoms with Crippen LogP contribution in [-0.2, 0) is 9.53 Å². The first-order chi connectivity index (χ1) is 7.84. The summed E-state index contributed by atoms with van der Waals surface area (Å²) in [4.78, 5) is 11.1. The van der Waals surface area contributed by atoms with E-state index in [1.54, 1.807) is 0 Å². The van der Waals surface area contributed by atoms with Crippen LogP contribution >= 0.6 is 0 Å². The third kappa shape index (κ3) is 1.47. The maximum absolute atomic E-state index is 11.1. The fourth-order valence-corrected chi connectivity index (χ4v) is 2.28. The molecule has 0 spiro atoms. The van der Waals surface area contributed by atoms with Crippen molar-refractivity contribution in [2.24, 2.45) is 0 Å². The summed E-state index contributed by atoms with van der Waals surface area (Å²) in [7, 11) is 0.